The molecular weight excluding hydrogens is 305 g/mol. The van der Waals surface area contributed by atoms with Crippen LogP contribution in [0.15, 0.2) is 12.1 Å². The second-order valence-electron chi connectivity index (χ2n) is 4.87. The normalized spacial score (nSPS) is 20.5. The largest absolute Gasteiger partial charge is 0.487 e. The summed E-state index contributed by atoms with van der Waals surface area (Å²) in [5.41, 5.74) is 0. The third-order valence-electron chi connectivity index (χ3n) is 3.47. The summed E-state index contributed by atoms with van der Waals surface area (Å²) in [5, 5.41) is 4.76. The van der Waals surface area contributed by atoms with Gasteiger partial charge in [-0.3, -0.25) is 0 Å². The van der Waals surface area contributed by atoms with E-state index in [1.165, 1.54) is 0 Å². The minimum Gasteiger partial charge on any atom is -0.487 e. The Morgan fingerprint density at radius 2 is 2.05 bits per heavy atom. The molecule has 1 unspecified atom stereocenters. The molecule has 0 bridgehead atoms. The second-order valence-corrected chi connectivity index (χ2v) is 6.06. The summed E-state index contributed by atoms with van der Waals surface area (Å²) in [7, 11) is 0. The Hall–Kier alpha value is -0.150. The molecule has 1 fully saturated rings. The standard InChI is InChI=1S/C14H18Cl3NO/c1-2-3-12(9-6-7-18-8-9)19-14-11(16)5-4-10(15)13(14)17/h4-5,9,12,18H,2-3,6-8H2,1H3/t9?,12-/m0/s1. The topological polar surface area (TPSA) is 21.3 Å². The van der Waals surface area contributed by atoms with Crippen LogP contribution in [0.1, 0.15) is 26.2 Å². The summed E-state index contributed by atoms with van der Waals surface area (Å²) in [5.74, 6) is 1.02. The monoisotopic (exact) mass is 321 g/mol. The van der Waals surface area contributed by atoms with E-state index in [-0.39, 0.29) is 6.10 Å². The first-order chi connectivity index (χ1) is 9.13. The van der Waals surface area contributed by atoms with Crippen LogP contribution in [0.4, 0.5) is 0 Å². The Balaban J connectivity index is 2.18. The predicted octanol–water partition coefficient (Wildman–Crippen LogP) is 4.80. The summed E-state index contributed by atoms with van der Waals surface area (Å²) in [4.78, 5) is 0. The van der Waals surface area contributed by atoms with Crippen LogP contribution in [0.25, 0.3) is 0 Å². The van der Waals surface area contributed by atoms with E-state index in [0.717, 1.165) is 32.4 Å². The molecular formula is C14H18Cl3NO. The number of nitrogens with one attached hydrogen (secondary N) is 1. The van der Waals surface area contributed by atoms with Crippen LogP contribution in [0.2, 0.25) is 15.1 Å². The van der Waals surface area contributed by atoms with Gasteiger partial charge in [-0.1, -0.05) is 48.1 Å². The molecule has 0 spiro atoms. The summed E-state index contributed by atoms with van der Waals surface area (Å²) in [6.07, 6.45) is 3.32. The number of rotatable bonds is 5. The maximum atomic E-state index is 6.19. The molecule has 0 aliphatic carbocycles. The van der Waals surface area contributed by atoms with Crippen molar-refractivity contribution in [3.63, 3.8) is 0 Å². The highest BCUT2D eigenvalue weighted by molar-refractivity contribution is 6.44. The van der Waals surface area contributed by atoms with E-state index >= 15 is 0 Å². The Kier molecular flexibility index (Phi) is 5.64. The fourth-order valence-electron chi connectivity index (χ4n) is 2.44. The number of hydrogen-bond donors (Lipinski definition) is 1. The summed E-state index contributed by atoms with van der Waals surface area (Å²) < 4.78 is 6.09. The van der Waals surface area contributed by atoms with Gasteiger partial charge in [-0.25, -0.2) is 0 Å². The molecule has 2 rings (SSSR count). The highest BCUT2D eigenvalue weighted by Crippen LogP contribution is 2.39. The molecule has 106 valence electrons. The molecule has 1 aliphatic rings. The van der Waals surface area contributed by atoms with Gasteiger partial charge in [-0.05, 0) is 31.5 Å². The minimum absolute atomic E-state index is 0.133. The average Bonchev–Trinajstić information content (AvgIpc) is 2.92. The van der Waals surface area contributed by atoms with Crippen LogP contribution < -0.4 is 10.1 Å². The van der Waals surface area contributed by atoms with Crippen molar-refractivity contribution in [2.75, 3.05) is 13.1 Å². The Morgan fingerprint density at radius 3 is 2.68 bits per heavy atom. The molecule has 19 heavy (non-hydrogen) atoms. The predicted molar refractivity (Wildman–Crippen MR) is 81.8 cm³/mol. The van der Waals surface area contributed by atoms with Crippen LogP contribution in [-0.4, -0.2) is 19.2 Å². The van der Waals surface area contributed by atoms with Crippen molar-refractivity contribution in [1.82, 2.24) is 5.32 Å². The fourth-order valence-corrected chi connectivity index (χ4v) is 3.05. The van der Waals surface area contributed by atoms with Gasteiger partial charge in [0.1, 0.15) is 11.1 Å². The van der Waals surface area contributed by atoms with Gasteiger partial charge in [0.15, 0.2) is 5.75 Å². The fraction of sp³-hybridized carbons (Fsp3) is 0.571. The minimum atomic E-state index is 0.133. The highest BCUT2D eigenvalue weighted by Gasteiger charge is 2.27. The lowest BCUT2D eigenvalue weighted by molar-refractivity contribution is 0.132. The highest BCUT2D eigenvalue weighted by atomic mass is 35.5. The first kappa shape index (κ1) is 15.2. The summed E-state index contributed by atoms with van der Waals surface area (Å²) >= 11 is 18.4. The second kappa shape index (κ2) is 7.03. The van der Waals surface area contributed by atoms with E-state index in [0.29, 0.717) is 26.7 Å². The lowest BCUT2D eigenvalue weighted by Crippen LogP contribution is -2.29. The molecule has 5 heteroatoms. The molecule has 1 N–H and O–H groups in total. The van der Waals surface area contributed by atoms with Crippen molar-refractivity contribution < 1.29 is 4.74 Å². The van der Waals surface area contributed by atoms with Crippen molar-refractivity contribution in [3.8, 4) is 5.75 Å². The van der Waals surface area contributed by atoms with Crippen molar-refractivity contribution in [2.24, 2.45) is 5.92 Å². The maximum Gasteiger partial charge on any atom is 0.158 e. The lowest BCUT2D eigenvalue weighted by atomic mass is 9.97. The summed E-state index contributed by atoms with van der Waals surface area (Å²) in [6.45, 7) is 4.19. The van der Waals surface area contributed by atoms with Crippen molar-refractivity contribution >= 4 is 34.8 Å². The molecule has 1 heterocycles. The lowest BCUT2D eigenvalue weighted by Gasteiger charge is -2.25. The van der Waals surface area contributed by atoms with Crippen LogP contribution in [0.5, 0.6) is 5.75 Å². The molecule has 1 aliphatic heterocycles. The molecule has 2 atom stereocenters. The van der Waals surface area contributed by atoms with Crippen LogP contribution in [0.3, 0.4) is 0 Å². The number of ether oxygens (including phenoxy) is 1. The van der Waals surface area contributed by atoms with Gasteiger partial charge < -0.3 is 10.1 Å². The third kappa shape index (κ3) is 3.69. The number of benzene rings is 1. The third-order valence-corrected chi connectivity index (χ3v) is 4.55. The van der Waals surface area contributed by atoms with Gasteiger partial charge in [-0.2, -0.15) is 0 Å². The Bertz CT molecular complexity index is 433. The zero-order valence-electron chi connectivity index (χ0n) is 10.9. The first-order valence-corrected chi connectivity index (χ1v) is 7.77. The van der Waals surface area contributed by atoms with Crippen LogP contribution >= 0.6 is 34.8 Å². The van der Waals surface area contributed by atoms with Crippen LogP contribution in [0, 0.1) is 5.92 Å². The van der Waals surface area contributed by atoms with E-state index in [2.05, 4.69) is 12.2 Å². The van der Waals surface area contributed by atoms with Crippen molar-refractivity contribution in [2.45, 2.75) is 32.3 Å². The quantitative estimate of drug-likeness (QED) is 0.786. The zero-order valence-corrected chi connectivity index (χ0v) is 13.2. The average molecular weight is 323 g/mol. The van der Waals surface area contributed by atoms with E-state index in [9.17, 15) is 0 Å². The van der Waals surface area contributed by atoms with Gasteiger partial charge in [0.2, 0.25) is 0 Å². The molecule has 0 radical (unpaired) electrons. The van der Waals surface area contributed by atoms with Crippen molar-refractivity contribution in [3.05, 3.63) is 27.2 Å². The van der Waals surface area contributed by atoms with E-state index in [1.54, 1.807) is 12.1 Å². The maximum absolute atomic E-state index is 6.19. The molecule has 0 amide bonds. The van der Waals surface area contributed by atoms with Gasteiger partial charge in [0.25, 0.3) is 0 Å². The molecule has 1 aromatic rings. The molecule has 1 aromatic carbocycles. The Labute approximate surface area is 129 Å². The molecule has 0 saturated carbocycles. The van der Waals surface area contributed by atoms with Crippen molar-refractivity contribution in [1.29, 1.82) is 0 Å². The van der Waals surface area contributed by atoms with Crippen LogP contribution in [-0.2, 0) is 0 Å². The number of hydrogen-bond acceptors (Lipinski definition) is 2. The number of halogens is 3. The van der Waals surface area contributed by atoms with Gasteiger partial charge in [0.05, 0.1) is 10.0 Å². The zero-order chi connectivity index (χ0) is 13.8. The van der Waals surface area contributed by atoms with E-state index < -0.39 is 0 Å². The van der Waals surface area contributed by atoms with E-state index in [4.69, 9.17) is 39.5 Å². The van der Waals surface area contributed by atoms with Gasteiger partial charge in [0, 0.05) is 12.5 Å². The summed E-state index contributed by atoms with van der Waals surface area (Å²) in [6, 6.07) is 3.41. The smallest absolute Gasteiger partial charge is 0.158 e. The SMILES string of the molecule is CCC[C@H](Oc1c(Cl)ccc(Cl)c1Cl)C1CCNC1. The van der Waals surface area contributed by atoms with Gasteiger partial charge in [-0.15, -0.1) is 0 Å². The molecule has 0 aromatic heterocycles. The first-order valence-electron chi connectivity index (χ1n) is 6.64. The van der Waals surface area contributed by atoms with Gasteiger partial charge >= 0.3 is 0 Å². The van der Waals surface area contributed by atoms with E-state index in [1.807, 2.05) is 0 Å². The Morgan fingerprint density at radius 1 is 1.32 bits per heavy atom. The molecule has 2 nitrogen and oxygen atoms in total. The molecule has 1 saturated heterocycles.